The fourth-order valence-corrected chi connectivity index (χ4v) is 2.24. The molecule has 3 N–H and O–H groups in total. The summed E-state index contributed by atoms with van der Waals surface area (Å²) in [5.41, 5.74) is 7.31. The number of rotatable bonds is 5. The lowest BCUT2D eigenvalue weighted by Gasteiger charge is -2.22. The van der Waals surface area contributed by atoms with Crippen LogP contribution in [0.15, 0.2) is 48.5 Å². The van der Waals surface area contributed by atoms with Crippen LogP contribution in [0.25, 0.3) is 0 Å². The first-order valence-electron chi connectivity index (χ1n) is 6.44. The molecular formula is C16H18FNO2. The van der Waals surface area contributed by atoms with Gasteiger partial charge in [-0.3, -0.25) is 0 Å². The van der Waals surface area contributed by atoms with E-state index in [9.17, 15) is 9.50 Å². The average Bonchev–Trinajstić information content (AvgIpc) is 2.49. The van der Waals surface area contributed by atoms with Gasteiger partial charge in [-0.2, -0.15) is 0 Å². The standard InChI is InChI=1S/C16H18FNO2/c1-20-15-9-12(7-8-14(15)17)16(19)13(10-18)11-5-3-2-4-6-11/h2-9,13,16,19H,10,18H2,1H3. The number of hydrogen-bond acceptors (Lipinski definition) is 3. The normalized spacial score (nSPS) is 13.8. The molecule has 0 saturated carbocycles. The third-order valence-corrected chi connectivity index (χ3v) is 3.38. The summed E-state index contributed by atoms with van der Waals surface area (Å²) < 4.78 is 18.3. The third-order valence-electron chi connectivity index (χ3n) is 3.38. The molecule has 2 unspecified atom stereocenters. The molecule has 0 radical (unpaired) electrons. The second-order valence-electron chi connectivity index (χ2n) is 4.59. The molecule has 3 nitrogen and oxygen atoms in total. The van der Waals surface area contributed by atoms with Crippen LogP contribution in [0.4, 0.5) is 4.39 Å². The van der Waals surface area contributed by atoms with E-state index in [0.717, 1.165) is 5.56 Å². The number of aliphatic hydroxyl groups is 1. The van der Waals surface area contributed by atoms with E-state index in [1.54, 1.807) is 6.07 Å². The summed E-state index contributed by atoms with van der Waals surface area (Å²) in [7, 11) is 1.40. The predicted molar refractivity (Wildman–Crippen MR) is 76.1 cm³/mol. The molecule has 20 heavy (non-hydrogen) atoms. The van der Waals surface area contributed by atoms with Crippen LogP contribution in [-0.4, -0.2) is 18.8 Å². The minimum atomic E-state index is -0.808. The van der Waals surface area contributed by atoms with Crippen LogP contribution in [0, 0.1) is 5.82 Å². The largest absolute Gasteiger partial charge is 0.494 e. The van der Waals surface area contributed by atoms with Crippen molar-refractivity contribution in [1.82, 2.24) is 0 Å². The lowest BCUT2D eigenvalue weighted by atomic mass is 9.89. The Labute approximate surface area is 117 Å². The molecule has 0 spiro atoms. The first kappa shape index (κ1) is 14.5. The van der Waals surface area contributed by atoms with Gasteiger partial charge in [-0.15, -0.1) is 0 Å². The predicted octanol–water partition coefficient (Wildman–Crippen LogP) is 2.61. The molecule has 0 saturated heterocycles. The summed E-state index contributed by atoms with van der Waals surface area (Å²) >= 11 is 0. The Morgan fingerprint density at radius 3 is 2.45 bits per heavy atom. The zero-order valence-electron chi connectivity index (χ0n) is 11.3. The van der Waals surface area contributed by atoms with Crippen LogP contribution in [0.5, 0.6) is 5.75 Å². The average molecular weight is 275 g/mol. The van der Waals surface area contributed by atoms with E-state index >= 15 is 0 Å². The number of benzene rings is 2. The molecule has 0 aliphatic carbocycles. The first-order chi connectivity index (χ1) is 9.67. The number of methoxy groups -OCH3 is 1. The van der Waals surface area contributed by atoms with E-state index in [2.05, 4.69) is 0 Å². The summed E-state index contributed by atoms with van der Waals surface area (Å²) in [6, 6.07) is 13.9. The molecule has 0 heterocycles. The minimum absolute atomic E-state index is 0.116. The molecule has 2 atom stereocenters. The highest BCUT2D eigenvalue weighted by Crippen LogP contribution is 2.32. The van der Waals surface area contributed by atoms with Gasteiger partial charge in [0.1, 0.15) is 0 Å². The molecule has 0 amide bonds. The van der Waals surface area contributed by atoms with Gasteiger partial charge in [0.2, 0.25) is 0 Å². The maximum absolute atomic E-state index is 13.4. The minimum Gasteiger partial charge on any atom is -0.494 e. The quantitative estimate of drug-likeness (QED) is 0.882. The van der Waals surface area contributed by atoms with E-state index in [1.165, 1.54) is 19.2 Å². The summed E-state index contributed by atoms with van der Waals surface area (Å²) in [5, 5.41) is 10.5. The third kappa shape index (κ3) is 2.98. The van der Waals surface area contributed by atoms with Crippen molar-refractivity contribution in [2.24, 2.45) is 5.73 Å². The van der Waals surface area contributed by atoms with Gasteiger partial charge in [0.05, 0.1) is 13.2 Å². The Kier molecular flexibility index (Phi) is 4.71. The van der Waals surface area contributed by atoms with Crippen molar-refractivity contribution in [2.45, 2.75) is 12.0 Å². The SMILES string of the molecule is COc1cc(C(O)C(CN)c2ccccc2)ccc1F. The number of ether oxygens (including phenoxy) is 1. The summed E-state index contributed by atoms with van der Waals surface area (Å²) in [5.74, 6) is -0.579. The molecule has 0 aliphatic rings. The van der Waals surface area contributed by atoms with Gasteiger partial charge in [0.15, 0.2) is 11.6 Å². The molecule has 0 bridgehead atoms. The van der Waals surface area contributed by atoms with Crippen molar-refractivity contribution in [3.8, 4) is 5.75 Å². The molecule has 2 aromatic rings. The summed E-state index contributed by atoms with van der Waals surface area (Å²) in [4.78, 5) is 0. The Hall–Kier alpha value is -1.91. The van der Waals surface area contributed by atoms with Gasteiger partial charge < -0.3 is 15.6 Å². The number of aliphatic hydroxyl groups excluding tert-OH is 1. The highest BCUT2D eigenvalue weighted by molar-refractivity contribution is 5.34. The Morgan fingerprint density at radius 1 is 1.15 bits per heavy atom. The van der Waals surface area contributed by atoms with Crippen molar-refractivity contribution in [3.63, 3.8) is 0 Å². The second-order valence-corrected chi connectivity index (χ2v) is 4.59. The summed E-state index contributed by atoms with van der Waals surface area (Å²) in [6.07, 6.45) is -0.808. The highest BCUT2D eigenvalue weighted by Gasteiger charge is 2.22. The van der Waals surface area contributed by atoms with Gasteiger partial charge in [0, 0.05) is 12.5 Å². The summed E-state index contributed by atoms with van der Waals surface area (Å²) in [6.45, 7) is 0.296. The van der Waals surface area contributed by atoms with Gasteiger partial charge in [0.25, 0.3) is 0 Å². The maximum Gasteiger partial charge on any atom is 0.165 e. The fraction of sp³-hybridized carbons (Fsp3) is 0.250. The topological polar surface area (TPSA) is 55.5 Å². The van der Waals surface area contributed by atoms with E-state index < -0.39 is 11.9 Å². The molecule has 0 fully saturated rings. The van der Waals surface area contributed by atoms with Crippen molar-refractivity contribution in [1.29, 1.82) is 0 Å². The number of nitrogens with two attached hydrogens (primary N) is 1. The van der Waals surface area contributed by atoms with Crippen LogP contribution < -0.4 is 10.5 Å². The zero-order valence-corrected chi connectivity index (χ0v) is 11.3. The zero-order chi connectivity index (χ0) is 14.5. The van der Waals surface area contributed by atoms with Crippen LogP contribution in [0.1, 0.15) is 23.1 Å². The van der Waals surface area contributed by atoms with Gasteiger partial charge in [-0.05, 0) is 23.3 Å². The molecule has 0 aromatic heterocycles. The first-order valence-corrected chi connectivity index (χ1v) is 6.44. The molecule has 2 rings (SSSR count). The van der Waals surface area contributed by atoms with E-state index in [1.807, 2.05) is 30.3 Å². The smallest absolute Gasteiger partial charge is 0.165 e. The van der Waals surface area contributed by atoms with Crippen molar-refractivity contribution >= 4 is 0 Å². The number of halogens is 1. The van der Waals surface area contributed by atoms with Crippen LogP contribution >= 0.6 is 0 Å². The Bertz CT molecular complexity index is 560. The van der Waals surface area contributed by atoms with Gasteiger partial charge >= 0.3 is 0 Å². The lowest BCUT2D eigenvalue weighted by Crippen LogP contribution is -2.20. The van der Waals surface area contributed by atoms with Gasteiger partial charge in [-0.25, -0.2) is 4.39 Å². The highest BCUT2D eigenvalue weighted by atomic mass is 19.1. The molecule has 2 aromatic carbocycles. The molecule has 0 aliphatic heterocycles. The van der Waals surface area contributed by atoms with Crippen LogP contribution in [0.2, 0.25) is 0 Å². The Balaban J connectivity index is 2.31. The van der Waals surface area contributed by atoms with E-state index in [0.29, 0.717) is 12.1 Å². The van der Waals surface area contributed by atoms with Crippen LogP contribution in [-0.2, 0) is 0 Å². The molecule has 106 valence electrons. The van der Waals surface area contributed by atoms with Gasteiger partial charge in [-0.1, -0.05) is 36.4 Å². The van der Waals surface area contributed by atoms with Crippen molar-refractivity contribution in [3.05, 3.63) is 65.5 Å². The van der Waals surface area contributed by atoms with E-state index in [-0.39, 0.29) is 11.7 Å². The van der Waals surface area contributed by atoms with Crippen molar-refractivity contribution in [2.75, 3.05) is 13.7 Å². The van der Waals surface area contributed by atoms with E-state index in [4.69, 9.17) is 10.5 Å². The monoisotopic (exact) mass is 275 g/mol. The second kappa shape index (κ2) is 6.50. The molecule has 4 heteroatoms. The lowest BCUT2D eigenvalue weighted by molar-refractivity contribution is 0.147. The van der Waals surface area contributed by atoms with Crippen molar-refractivity contribution < 1.29 is 14.2 Å². The molecular weight excluding hydrogens is 257 g/mol. The fourth-order valence-electron chi connectivity index (χ4n) is 2.24. The Morgan fingerprint density at radius 2 is 1.85 bits per heavy atom. The number of hydrogen-bond donors (Lipinski definition) is 2. The maximum atomic E-state index is 13.4. The van der Waals surface area contributed by atoms with Crippen LogP contribution in [0.3, 0.4) is 0 Å².